The molecule has 9 heteroatoms. The van der Waals surface area contributed by atoms with Crippen molar-refractivity contribution < 1.29 is 13.2 Å². The third kappa shape index (κ3) is 3.42. The van der Waals surface area contributed by atoms with Crippen LogP contribution in [0.2, 0.25) is 0 Å². The van der Waals surface area contributed by atoms with Gasteiger partial charge in [-0.3, -0.25) is 9.89 Å². The molecule has 0 radical (unpaired) electrons. The summed E-state index contributed by atoms with van der Waals surface area (Å²) in [6.07, 6.45) is 2.66. The molecule has 2 heterocycles. The van der Waals surface area contributed by atoms with Gasteiger partial charge in [-0.1, -0.05) is 0 Å². The topological polar surface area (TPSA) is 121 Å². The predicted molar refractivity (Wildman–Crippen MR) is 76.9 cm³/mol. The molecule has 118 valence electrons. The van der Waals surface area contributed by atoms with E-state index in [2.05, 4.69) is 15.5 Å². The number of hydrogen-bond acceptors (Lipinski definition) is 5. The SMILES string of the molecule is Cc1[nH]ncc1S(=O)(=O)N1CCCC(C(=O)NCCN)C1. The van der Waals surface area contributed by atoms with Crippen LogP contribution in [0, 0.1) is 12.8 Å². The molecular weight excluding hydrogens is 294 g/mol. The first-order valence-electron chi connectivity index (χ1n) is 6.94. The Morgan fingerprint density at radius 1 is 1.62 bits per heavy atom. The highest BCUT2D eigenvalue weighted by molar-refractivity contribution is 7.89. The lowest BCUT2D eigenvalue weighted by molar-refractivity contribution is -0.126. The number of nitrogens with zero attached hydrogens (tertiary/aromatic N) is 2. The molecule has 1 aliphatic heterocycles. The van der Waals surface area contributed by atoms with Gasteiger partial charge in [-0.05, 0) is 19.8 Å². The minimum Gasteiger partial charge on any atom is -0.355 e. The van der Waals surface area contributed by atoms with E-state index < -0.39 is 10.0 Å². The highest BCUT2D eigenvalue weighted by Gasteiger charge is 2.34. The van der Waals surface area contributed by atoms with E-state index in [1.165, 1.54) is 10.5 Å². The Morgan fingerprint density at radius 3 is 3.00 bits per heavy atom. The minimum atomic E-state index is -3.60. The third-order valence-electron chi connectivity index (χ3n) is 3.60. The number of piperidine rings is 1. The normalized spacial score (nSPS) is 20.4. The summed E-state index contributed by atoms with van der Waals surface area (Å²) in [6, 6.07) is 0. The molecule has 0 saturated carbocycles. The zero-order valence-electron chi connectivity index (χ0n) is 12.0. The number of aromatic nitrogens is 2. The van der Waals surface area contributed by atoms with Crippen LogP contribution in [0.3, 0.4) is 0 Å². The number of sulfonamides is 1. The summed E-state index contributed by atoms with van der Waals surface area (Å²) in [4.78, 5) is 12.1. The van der Waals surface area contributed by atoms with Crippen molar-refractivity contribution in [2.24, 2.45) is 11.7 Å². The number of rotatable bonds is 5. The van der Waals surface area contributed by atoms with E-state index in [1.807, 2.05) is 0 Å². The van der Waals surface area contributed by atoms with E-state index in [9.17, 15) is 13.2 Å². The average molecular weight is 315 g/mol. The maximum Gasteiger partial charge on any atom is 0.246 e. The number of carbonyl (C=O) groups excluding carboxylic acids is 1. The molecule has 4 N–H and O–H groups in total. The number of nitrogens with one attached hydrogen (secondary N) is 2. The second kappa shape index (κ2) is 6.54. The largest absolute Gasteiger partial charge is 0.355 e. The smallest absolute Gasteiger partial charge is 0.246 e. The molecule has 1 unspecified atom stereocenters. The lowest BCUT2D eigenvalue weighted by Crippen LogP contribution is -2.46. The molecule has 2 rings (SSSR count). The first-order chi connectivity index (χ1) is 9.96. The number of hydrogen-bond donors (Lipinski definition) is 3. The Balaban J connectivity index is 2.11. The molecule has 0 aliphatic carbocycles. The first-order valence-corrected chi connectivity index (χ1v) is 8.38. The van der Waals surface area contributed by atoms with Crippen LogP contribution in [0.15, 0.2) is 11.1 Å². The molecule has 8 nitrogen and oxygen atoms in total. The van der Waals surface area contributed by atoms with Crippen LogP contribution in [0.25, 0.3) is 0 Å². The molecule has 1 aromatic heterocycles. The van der Waals surface area contributed by atoms with Crippen LogP contribution in [-0.4, -0.2) is 55.0 Å². The quantitative estimate of drug-likeness (QED) is 0.656. The molecule has 1 aromatic rings. The summed E-state index contributed by atoms with van der Waals surface area (Å²) in [6.45, 7) is 3.06. The van der Waals surface area contributed by atoms with E-state index in [4.69, 9.17) is 5.73 Å². The van der Waals surface area contributed by atoms with E-state index in [0.717, 1.165) is 0 Å². The van der Waals surface area contributed by atoms with Crippen LogP contribution in [0.4, 0.5) is 0 Å². The molecule has 0 spiro atoms. The Kier molecular flexibility index (Phi) is 4.96. The number of nitrogens with two attached hydrogens (primary N) is 1. The van der Waals surface area contributed by atoms with Gasteiger partial charge in [0.15, 0.2) is 0 Å². The summed E-state index contributed by atoms with van der Waals surface area (Å²) in [5.74, 6) is -0.462. The number of aryl methyl sites for hydroxylation is 1. The lowest BCUT2D eigenvalue weighted by Gasteiger charge is -2.31. The fourth-order valence-electron chi connectivity index (χ4n) is 2.45. The average Bonchev–Trinajstić information content (AvgIpc) is 2.91. The van der Waals surface area contributed by atoms with Gasteiger partial charge in [-0.15, -0.1) is 0 Å². The Labute approximate surface area is 124 Å². The molecule has 0 aromatic carbocycles. The summed E-state index contributed by atoms with van der Waals surface area (Å²) < 4.78 is 26.5. The van der Waals surface area contributed by atoms with Crippen molar-refractivity contribution >= 4 is 15.9 Å². The third-order valence-corrected chi connectivity index (χ3v) is 5.58. The van der Waals surface area contributed by atoms with Crippen molar-refractivity contribution in [2.75, 3.05) is 26.2 Å². The lowest BCUT2D eigenvalue weighted by atomic mass is 9.99. The highest BCUT2D eigenvalue weighted by Crippen LogP contribution is 2.24. The number of amides is 1. The standard InChI is InChI=1S/C12H21N5O3S/c1-9-11(7-15-16-9)21(19,20)17-6-2-3-10(8-17)12(18)14-5-4-13/h7,10H,2-6,8,13H2,1H3,(H,14,18)(H,15,16). The van der Waals surface area contributed by atoms with Gasteiger partial charge in [0, 0.05) is 26.2 Å². The Hall–Kier alpha value is -1.45. The molecule has 1 saturated heterocycles. The second-order valence-corrected chi connectivity index (χ2v) is 7.05. The monoisotopic (exact) mass is 315 g/mol. The van der Waals surface area contributed by atoms with Gasteiger partial charge in [-0.2, -0.15) is 9.40 Å². The van der Waals surface area contributed by atoms with Crippen LogP contribution < -0.4 is 11.1 Å². The molecule has 1 amide bonds. The molecule has 1 fully saturated rings. The number of H-pyrrole nitrogens is 1. The van der Waals surface area contributed by atoms with Crippen LogP contribution in [-0.2, 0) is 14.8 Å². The Bertz CT molecular complexity index is 598. The minimum absolute atomic E-state index is 0.135. The fourth-order valence-corrected chi connectivity index (χ4v) is 4.10. The number of carbonyl (C=O) groups is 1. The van der Waals surface area contributed by atoms with Gasteiger partial charge >= 0.3 is 0 Å². The summed E-state index contributed by atoms with van der Waals surface area (Å²) >= 11 is 0. The van der Waals surface area contributed by atoms with Crippen LogP contribution in [0.1, 0.15) is 18.5 Å². The van der Waals surface area contributed by atoms with Gasteiger partial charge < -0.3 is 11.1 Å². The van der Waals surface area contributed by atoms with Gasteiger partial charge in [0.25, 0.3) is 0 Å². The summed E-state index contributed by atoms with van der Waals surface area (Å²) in [5, 5.41) is 9.10. The molecular formula is C12H21N5O3S. The van der Waals surface area contributed by atoms with Crippen molar-refractivity contribution in [3.05, 3.63) is 11.9 Å². The fraction of sp³-hybridized carbons (Fsp3) is 0.667. The molecule has 1 atom stereocenters. The molecule has 1 aliphatic rings. The summed E-state index contributed by atoms with van der Waals surface area (Å²) in [7, 11) is -3.60. The van der Waals surface area contributed by atoms with Crippen molar-refractivity contribution in [1.29, 1.82) is 0 Å². The van der Waals surface area contributed by atoms with Gasteiger partial charge in [0.05, 0.1) is 17.8 Å². The highest BCUT2D eigenvalue weighted by atomic mass is 32.2. The Morgan fingerprint density at radius 2 is 2.38 bits per heavy atom. The second-order valence-electron chi connectivity index (χ2n) is 5.14. The van der Waals surface area contributed by atoms with Gasteiger partial charge in [0.2, 0.25) is 15.9 Å². The van der Waals surface area contributed by atoms with Crippen LogP contribution in [0.5, 0.6) is 0 Å². The van der Waals surface area contributed by atoms with Crippen molar-refractivity contribution in [2.45, 2.75) is 24.7 Å². The maximum absolute atomic E-state index is 12.6. The predicted octanol–water partition coefficient (Wildman–Crippen LogP) is -0.806. The van der Waals surface area contributed by atoms with E-state index in [1.54, 1.807) is 6.92 Å². The zero-order chi connectivity index (χ0) is 15.5. The van der Waals surface area contributed by atoms with Crippen molar-refractivity contribution in [3.8, 4) is 0 Å². The van der Waals surface area contributed by atoms with Gasteiger partial charge in [-0.25, -0.2) is 8.42 Å². The first kappa shape index (κ1) is 15.9. The van der Waals surface area contributed by atoms with E-state index >= 15 is 0 Å². The zero-order valence-corrected chi connectivity index (χ0v) is 12.8. The maximum atomic E-state index is 12.6. The number of aromatic amines is 1. The van der Waals surface area contributed by atoms with E-state index in [0.29, 0.717) is 38.2 Å². The molecule has 21 heavy (non-hydrogen) atoms. The van der Waals surface area contributed by atoms with Crippen molar-refractivity contribution in [1.82, 2.24) is 19.8 Å². The van der Waals surface area contributed by atoms with Crippen LogP contribution >= 0.6 is 0 Å². The van der Waals surface area contributed by atoms with E-state index in [-0.39, 0.29) is 23.3 Å². The summed E-state index contributed by atoms with van der Waals surface area (Å²) in [5.41, 5.74) is 5.86. The van der Waals surface area contributed by atoms with Crippen molar-refractivity contribution in [3.63, 3.8) is 0 Å². The molecule has 0 bridgehead atoms. The van der Waals surface area contributed by atoms with Gasteiger partial charge in [0.1, 0.15) is 4.90 Å².